The summed E-state index contributed by atoms with van der Waals surface area (Å²) >= 11 is 7.73. The van der Waals surface area contributed by atoms with E-state index in [-0.39, 0.29) is 68.7 Å². The van der Waals surface area contributed by atoms with E-state index in [0.717, 1.165) is 4.88 Å². The molecular formula is C44H48ClN13O8S. The summed E-state index contributed by atoms with van der Waals surface area (Å²) in [4.78, 5) is 91.6. The van der Waals surface area contributed by atoms with Crippen molar-refractivity contribution >= 4 is 87.2 Å². The standard InChI is InChI=1S/C44H48ClN13O8S/c1-4-33-43(64)55(2)35-19-48-44(52-39(35)57(33)21-28-17-26(45)24-67-28)50-32-9-8-25(16-36(32)65-3)40(61)47-18-27-20-56(54-53-27)14-12-46-13-15-66-23-38(60)49-31-7-5-6-29-30(31)22-58(42(29)63)34-10-11-37(59)51-41(34)62/h5-9,16-17,19-20,24,33-34,46H,4,10-15,18,21-23H2,1-3H3,(H,47,61)(H,49,60)(H,48,50,52)(H,51,59,62). The van der Waals surface area contributed by atoms with Gasteiger partial charge in [0, 0.05) is 65.7 Å². The van der Waals surface area contributed by atoms with E-state index in [4.69, 9.17) is 26.1 Å². The largest absolute Gasteiger partial charge is 0.495 e. The summed E-state index contributed by atoms with van der Waals surface area (Å²) < 4.78 is 12.8. The lowest BCUT2D eigenvalue weighted by molar-refractivity contribution is -0.137. The van der Waals surface area contributed by atoms with E-state index in [1.54, 1.807) is 65.4 Å². The Bertz CT molecular complexity index is 2710. The molecule has 0 radical (unpaired) electrons. The van der Waals surface area contributed by atoms with Gasteiger partial charge in [-0.2, -0.15) is 4.98 Å². The molecule has 6 heterocycles. The fourth-order valence-corrected chi connectivity index (χ4v) is 9.13. The Kier molecular flexibility index (Phi) is 14.3. The Labute approximate surface area is 393 Å². The number of piperidine rings is 1. The highest BCUT2D eigenvalue weighted by molar-refractivity contribution is 7.10. The molecule has 2 unspecified atom stereocenters. The molecule has 1 saturated heterocycles. The van der Waals surface area contributed by atoms with Crippen LogP contribution in [0.3, 0.4) is 0 Å². The summed E-state index contributed by atoms with van der Waals surface area (Å²) in [7, 11) is 3.22. The van der Waals surface area contributed by atoms with Crippen molar-refractivity contribution in [2.45, 2.75) is 64.4 Å². The molecule has 21 nitrogen and oxygen atoms in total. The van der Waals surface area contributed by atoms with Crippen molar-refractivity contribution in [1.82, 2.24) is 45.8 Å². The molecule has 0 saturated carbocycles. The molecule has 0 spiro atoms. The first-order valence-electron chi connectivity index (χ1n) is 21.5. The third kappa shape index (κ3) is 10.5. The maximum absolute atomic E-state index is 13.3. The lowest BCUT2D eigenvalue weighted by atomic mass is 10.0. The molecule has 3 aliphatic heterocycles. The van der Waals surface area contributed by atoms with Crippen molar-refractivity contribution in [2.75, 3.05) is 60.9 Å². The molecule has 5 N–H and O–H groups in total. The number of benzene rings is 2. The number of methoxy groups -OCH3 is 1. The molecule has 8 rings (SSSR count). The molecule has 6 amide bonds. The second kappa shape index (κ2) is 20.7. The Morgan fingerprint density at radius 2 is 1.93 bits per heavy atom. The Morgan fingerprint density at radius 1 is 1.07 bits per heavy atom. The Balaban J connectivity index is 0.761. The Hall–Kier alpha value is -7.01. The van der Waals surface area contributed by atoms with Crippen LogP contribution in [0.5, 0.6) is 5.75 Å². The van der Waals surface area contributed by atoms with Crippen molar-refractivity contribution in [2.24, 2.45) is 0 Å². The number of imide groups is 1. The van der Waals surface area contributed by atoms with Crippen LogP contribution in [0, 0.1) is 0 Å². The van der Waals surface area contributed by atoms with E-state index >= 15 is 0 Å². The first-order chi connectivity index (χ1) is 32.4. The molecule has 67 heavy (non-hydrogen) atoms. The highest BCUT2D eigenvalue weighted by Gasteiger charge is 2.40. The predicted molar refractivity (Wildman–Crippen MR) is 247 cm³/mol. The molecule has 0 aliphatic carbocycles. The second-order valence-corrected chi connectivity index (χ2v) is 17.3. The number of anilines is 5. The van der Waals surface area contributed by atoms with Gasteiger partial charge in [0.15, 0.2) is 5.82 Å². The number of nitrogens with zero attached hydrogens (tertiary/aromatic N) is 8. The van der Waals surface area contributed by atoms with E-state index < -0.39 is 23.9 Å². The van der Waals surface area contributed by atoms with Crippen LogP contribution in [-0.2, 0) is 50.1 Å². The maximum Gasteiger partial charge on any atom is 0.255 e. The smallest absolute Gasteiger partial charge is 0.255 e. The van der Waals surface area contributed by atoms with Crippen LogP contribution in [0.25, 0.3) is 0 Å². The van der Waals surface area contributed by atoms with Gasteiger partial charge in [0.25, 0.3) is 11.8 Å². The molecule has 3 aliphatic rings. The van der Waals surface area contributed by atoms with Gasteiger partial charge in [-0.25, -0.2) is 4.98 Å². The van der Waals surface area contributed by atoms with E-state index in [2.05, 4.69) is 41.9 Å². The number of hydrogen-bond donors (Lipinski definition) is 5. The van der Waals surface area contributed by atoms with Gasteiger partial charge in [0.05, 0.1) is 56.5 Å². The summed E-state index contributed by atoms with van der Waals surface area (Å²) in [5, 5.41) is 25.2. The van der Waals surface area contributed by atoms with Crippen molar-refractivity contribution in [3.8, 4) is 5.75 Å². The van der Waals surface area contributed by atoms with Crippen LogP contribution < -0.4 is 41.1 Å². The van der Waals surface area contributed by atoms with E-state index in [1.807, 2.05) is 23.3 Å². The zero-order valence-corrected chi connectivity index (χ0v) is 38.4. The summed E-state index contributed by atoms with van der Waals surface area (Å²) in [6.45, 7) is 4.23. The minimum absolute atomic E-state index is 0.0448. The average Bonchev–Trinajstić information content (AvgIpc) is 4.05. The third-order valence-electron chi connectivity index (χ3n) is 11.5. The van der Waals surface area contributed by atoms with Gasteiger partial charge in [-0.15, -0.1) is 16.4 Å². The highest BCUT2D eigenvalue weighted by Crippen LogP contribution is 2.38. The van der Waals surface area contributed by atoms with Gasteiger partial charge in [-0.1, -0.05) is 29.8 Å². The van der Waals surface area contributed by atoms with Crippen LogP contribution in [-0.4, -0.2) is 118 Å². The van der Waals surface area contributed by atoms with Gasteiger partial charge in [0.1, 0.15) is 35.8 Å². The van der Waals surface area contributed by atoms with Crippen molar-refractivity contribution in [3.63, 3.8) is 0 Å². The summed E-state index contributed by atoms with van der Waals surface area (Å²) in [5.41, 5.74) is 3.50. The predicted octanol–water partition coefficient (Wildman–Crippen LogP) is 3.23. The minimum Gasteiger partial charge on any atom is -0.495 e. The van der Waals surface area contributed by atoms with Crippen molar-refractivity contribution in [1.29, 1.82) is 0 Å². The van der Waals surface area contributed by atoms with Crippen molar-refractivity contribution in [3.05, 3.63) is 92.5 Å². The van der Waals surface area contributed by atoms with Gasteiger partial charge >= 0.3 is 0 Å². The number of aromatic nitrogens is 5. The average molecular weight is 954 g/mol. The number of likely N-dealkylation sites (N-methyl/N-ethyl adjacent to an activating group) is 1. The molecule has 2 aromatic carbocycles. The number of halogens is 1. The van der Waals surface area contributed by atoms with Crippen LogP contribution in [0.2, 0.25) is 5.02 Å². The molecule has 2 atom stereocenters. The van der Waals surface area contributed by atoms with Gasteiger partial charge in [-0.3, -0.25) is 38.8 Å². The molecular weight excluding hydrogens is 906 g/mol. The summed E-state index contributed by atoms with van der Waals surface area (Å²) in [6, 6.07) is 10.7. The van der Waals surface area contributed by atoms with E-state index in [0.29, 0.717) is 88.6 Å². The zero-order chi connectivity index (χ0) is 47.2. The van der Waals surface area contributed by atoms with Crippen molar-refractivity contribution < 1.29 is 38.2 Å². The number of fused-ring (bicyclic) bond motifs is 2. The van der Waals surface area contributed by atoms with Gasteiger partial charge in [0.2, 0.25) is 29.6 Å². The number of carbonyl (C=O) groups excluding carboxylic acids is 6. The van der Waals surface area contributed by atoms with Gasteiger partial charge < -0.3 is 45.4 Å². The molecule has 3 aromatic heterocycles. The first-order valence-corrected chi connectivity index (χ1v) is 22.8. The highest BCUT2D eigenvalue weighted by atomic mass is 35.5. The lowest BCUT2D eigenvalue weighted by Gasteiger charge is -2.40. The quantitative estimate of drug-likeness (QED) is 0.0589. The number of rotatable bonds is 19. The third-order valence-corrected chi connectivity index (χ3v) is 12.7. The molecule has 23 heteroatoms. The van der Waals surface area contributed by atoms with Crippen LogP contribution >= 0.6 is 22.9 Å². The minimum atomic E-state index is -0.752. The van der Waals surface area contributed by atoms with E-state index in [9.17, 15) is 28.8 Å². The zero-order valence-electron chi connectivity index (χ0n) is 36.8. The SMILES string of the molecule is CCC1C(=O)N(C)c2cnc(Nc3ccc(C(=O)NCc4cn(CCNCCOCC(=O)Nc5cccc6c5CN(C5CCC(=O)NC5=O)C6=O)nn4)cc3OC)nc2N1Cc1cc(Cl)cs1. The normalized spacial score (nSPS) is 16.7. The summed E-state index contributed by atoms with van der Waals surface area (Å²) in [6.07, 6.45) is 4.32. The molecule has 0 bridgehead atoms. The van der Waals surface area contributed by atoms with Crippen LogP contribution in [0.15, 0.2) is 60.2 Å². The van der Waals surface area contributed by atoms with Crippen LogP contribution in [0.1, 0.15) is 63.0 Å². The number of nitrogens with one attached hydrogen (secondary N) is 5. The fourth-order valence-electron chi connectivity index (χ4n) is 8.06. The second-order valence-electron chi connectivity index (χ2n) is 15.9. The maximum atomic E-state index is 13.3. The number of ether oxygens (including phenoxy) is 2. The number of carbonyl (C=O) groups is 6. The Morgan fingerprint density at radius 3 is 2.70 bits per heavy atom. The summed E-state index contributed by atoms with van der Waals surface area (Å²) in [5.74, 6) is -0.698. The molecule has 1 fully saturated rings. The first kappa shape index (κ1) is 46.5. The van der Waals surface area contributed by atoms with E-state index in [1.165, 1.54) is 23.3 Å². The topological polar surface area (TPSA) is 247 Å². The number of hydrogen-bond acceptors (Lipinski definition) is 16. The number of amides is 6. The van der Waals surface area contributed by atoms with Gasteiger partial charge in [-0.05, 0) is 49.2 Å². The molecule has 5 aromatic rings. The monoisotopic (exact) mass is 953 g/mol. The number of thiophene rings is 1. The van der Waals surface area contributed by atoms with Crippen LogP contribution in [0.4, 0.5) is 28.8 Å². The fraction of sp³-hybridized carbons (Fsp3) is 0.364. The molecule has 350 valence electrons. The lowest BCUT2D eigenvalue weighted by Crippen LogP contribution is -2.52.